The van der Waals surface area contributed by atoms with E-state index in [9.17, 15) is 10.1 Å². The predicted octanol–water partition coefficient (Wildman–Crippen LogP) is 3.36. The highest BCUT2D eigenvalue weighted by Gasteiger charge is 2.19. The van der Waals surface area contributed by atoms with Crippen LogP contribution in [0.25, 0.3) is 0 Å². The van der Waals surface area contributed by atoms with Gasteiger partial charge >= 0.3 is 5.69 Å². The normalized spacial score (nSPS) is 12.2. The molecule has 0 fully saturated rings. The first-order valence-electron chi connectivity index (χ1n) is 6.75. The summed E-state index contributed by atoms with van der Waals surface area (Å²) >= 11 is 6.25. The number of halogens is 1. The van der Waals surface area contributed by atoms with Gasteiger partial charge in [-0.2, -0.15) is 0 Å². The maximum atomic E-state index is 11.0. The summed E-state index contributed by atoms with van der Waals surface area (Å²) in [4.78, 5) is 16.6. The summed E-state index contributed by atoms with van der Waals surface area (Å²) in [5.41, 5.74) is 0.916. The second-order valence-electron chi connectivity index (χ2n) is 5.01. The Morgan fingerprint density at radius 2 is 2.05 bits per heavy atom. The Hall–Kier alpha value is -2.18. The molecule has 0 aliphatic heterocycles. The Balaban J connectivity index is 2.21. The fraction of sp³-hybridized carbons (Fsp3) is 0.267. The average molecular weight is 321 g/mol. The van der Waals surface area contributed by atoms with E-state index in [4.69, 9.17) is 11.6 Å². The van der Waals surface area contributed by atoms with Gasteiger partial charge < -0.3 is 10.2 Å². The van der Waals surface area contributed by atoms with E-state index in [0.29, 0.717) is 11.6 Å². The molecule has 2 rings (SSSR count). The van der Waals surface area contributed by atoms with Crippen molar-refractivity contribution in [2.24, 2.45) is 0 Å². The van der Waals surface area contributed by atoms with Crippen LogP contribution in [-0.4, -0.2) is 35.4 Å². The molecule has 1 N–H and O–H groups in total. The van der Waals surface area contributed by atoms with E-state index in [1.165, 1.54) is 12.3 Å². The average Bonchev–Trinajstić information content (AvgIpc) is 2.49. The Labute approximate surface area is 133 Å². The van der Waals surface area contributed by atoms with Gasteiger partial charge in [0.05, 0.1) is 11.0 Å². The van der Waals surface area contributed by atoms with Crippen LogP contribution in [0.2, 0.25) is 5.02 Å². The number of nitrogens with one attached hydrogen (secondary N) is 1. The monoisotopic (exact) mass is 320 g/mol. The van der Waals surface area contributed by atoms with E-state index < -0.39 is 4.92 Å². The van der Waals surface area contributed by atoms with Crippen LogP contribution in [0.4, 0.5) is 11.5 Å². The number of hydrogen-bond acceptors (Lipinski definition) is 5. The standard InChI is InChI=1S/C15H17ClN4O2/c1-19(2)14(11-6-3-4-7-12(11)16)10-18-15-13(20(21)22)8-5-9-17-15/h3-9,14H,10H2,1-2H3,(H,17,18). The molecular formula is C15H17ClN4O2. The van der Waals surface area contributed by atoms with Crippen molar-refractivity contribution in [2.75, 3.05) is 26.0 Å². The van der Waals surface area contributed by atoms with Crippen molar-refractivity contribution in [1.29, 1.82) is 0 Å². The Bertz CT molecular complexity index is 663. The van der Waals surface area contributed by atoms with Crippen LogP contribution in [-0.2, 0) is 0 Å². The lowest BCUT2D eigenvalue weighted by Crippen LogP contribution is -2.27. The lowest BCUT2D eigenvalue weighted by Gasteiger charge is -2.26. The third-order valence-corrected chi connectivity index (χ3v) is 3.68. The zero-order chi connectivity index (χ0) is 16.1. The van der Waals surface area contributed by atoms with Crippen LogP contribution in [0.15, 0.2) is 42.6 Å². The Kier molecular flexibility index (Phi) is 5.30. The Morgan fingerprint density at radius 1 is 1.32 bits per heavy atom. The number of hydrogen-bond donors (Lipinski definition) is 1. The van der Waals surface area contributed by atoms with Gasteiger partial charge in [0.15, 0.2) is 0 Å². The molecule has 0 saturated carbocycles. The van der Waals surface area contributed by atoms with Gasteiger partial charge in [-0.3, -0.25) is 10.1 Å². The summed E-state index contributed by atoms with van der Waals surface area (Å²) in [6.45, 7) is 0.453. The molecule has 1 aromatic heterocycles. The molecule has 1 unspecified atom stereocenters. The summed E-state index contributed by atoms with van der Waals surface area (Å²) in [6.07, 6.45) is 1.52. The SMILES string of the molecule is CN(C)C(CNc1ncccc1[N+](=O)[O-])c1ccccc1Cl. The third-order valence-electron chi connectivity index (χ3n) is 3.33. The van der Waals surface area contributed by atoms with Gasteiger partial charge in [0.2, 0.25) is 5.82 Å². The molecule has 0 aliphatic carbocycles. The van der Waals surface area contributed by atoms with Gasteiger partial charge in [-0.1, -0.05) is 29.8 Å². The number of likely N-dealkylation sites (N-methyl/N-ethyl adjacent to an activating group) is 1. The van der Waals surface area contributed by atoms with Crippen molar-refractivity contribution in [3.8, 4) is 0 Å². The van der Waals surface area contributed by atoms with Crippen molar-refractivity contribution in [2.45, 2.75) is 6.04 Å². The van der Waals surface area contributed by atoms with Gasteiger partial charge in [0, 0.05) is 23.8 Å². The van der Waals surface area contributed by atoms with E-state index in [2.05, 4.69) is 10.3 Å². The van der Waals surface area contributed by atoms with E-state index in [-0.39, 0.29) is 17.5 Å². The van der Waals surface area contributed by atoms with Crippen LogP contribution in [0.1, 0.15) is 11.6 Å². The number of benzene rings is 1. The van der Waals surface area contributed by atoms with Crippen LogP contribution >= 0.6 is 11.6 Å². The van der Waals surface area contributed by atoms with Gasteiger partial charge in [0.25, 0.3) is 0 Å². The summed E-state index contributed by atoms with van der Waals surface area (Å²) in [5, 5.41) is 14.7. The Morgan fingerprint density at radius 3 is 2.68 bits per heavy atom. The number of nitrogens with zero attached hydrogens (tertiary/aromatic N) is 3. The smallest absolute Gasteiger partial charge is 0.311 e. The summed E-state index contributed by atoms with van der Waals surface area (Å²) in [6, 6.07) is 10.5. The third kappa shape index (κ3) is 3.72. The topological polar surface area (TPSA) is 71.3 Å². The minimum absolute atomic E-state index is 0.0321. The predicted molar refractivity (Wildman–Crippen MR) is 87.3 cm³/mol. The largest absolute Gasteiger partial charge is 0.362 e. The van der Waals surface area contributed by atoms with Crippen molar-refractivity contribution in [3.63, 3.8) is 0 Å². The summed E-state index contributed by atoms with van der Waals surface area (Å²) in [5.74, 6) is 0.256. The number of aromatic nitrogens is 1. The molecule has 2 aromatic rings. The first-order valence-corrected chi connectivity index (χ1v) is 7.12. The zero-order valence-electron chi connectivity index (χ0n) is 12.4. The zero-order valence-corrected chi connectivity index (χ0v) is 13.1. The summed E-state index contributed by atoms with van der Waals surface area (Å²) < 4.78 is 0. The molecule has 0 amide bonds. The first-order chi connectivity index (χ1) is 10.5. The van der Waals surface area contributed by atoms with Crippen LogP contribution in [0, 0.1) is 10.1 Å². The van der Waals surface area contributed by atoms with Crippen molar-refractivity contribution < 1.29 is 4.92 Å². The molecule has 0 bridgehead atoms. The number of anilines is 1. The van der Waals surface area contributed by atoms with E-state index in [0.717, 1.165) is 5.56 Å². The second kappa shape index (κ2) is 7.20. The number of rotatable bonds is 6. The van der Waals surface area contributed by atoms with Crippen LogP contribution < -0.4 is 5.32 Å². The second-order valence-corrected chi connectivity index (χ2v) is 5.42. The molecule has 7 heteroatoms. The maximum Gasteiger partial charge on any atom is 0.311 e. The first kappa shape index (κ1) is 16.2. The summed E-state index contributed by atoms with van der Waals surface area (Å²) in [7, 11) is 3.87. The molecule has 0 saturated heterocycles. The van der Waals surface area contributed by atoms with Gasteiger partial charge in [0.1, 0.15) is 0 Å². The van der Waals surface area contributed by atoms with E-state index >= 15 is 0 Å². The molecule has 0 aliphatic rings. The van der Waals surface area contributed by atoms with Crippen molar-refractivity contribution in [1.82, 2.24) is 9.88 Å². The minimum Gasteiger partial charge on any atom is -0.362 e. The van der Waals surface area contributed by atoms with E-state index in [1.54, 1.807) is 6.07 Å². The fourth-order valence-electron chi connectivity index (χ4n) is 2.19. The molecule has 1 heterocycles. The highest BCUT2D eigenvalue weighted by molar-refractivity contribution is 6.31. The van der Waals surface area contributed by atoms with E-state index in [1.807, 2.05) is 43.3 Å². The molecule has 0 radical (unpaired) electrons. The number of pyridine rings is 1. The minimum atomic E-state index is -0.449. The van der Waals surface area contributed by atoms with Crippen molar-refractivity contribution >= 4 is 23.1 Å². The molecular weight excluding hydrogens is 304 g/mol. The molecule has 116 valence electrons. The highest BCUT2D eigenvalue weighted by Crippen LogP contribution is 2.27. The van der Waals surface area contributed by atoms with Gasteiger partial charge in [-0.05, 0) is 31.8 Å². The molecule has 0 spiro atoms. The highest BCUT2D eigenvalue weighted by atomic mass is 35.5. The molecule has 6 nitrogen and oxygen atoms in total. The van der Waals surface area contributed by atoms with Gasteiger partial charge in [-0.15, -0.1) is 0 Å². The quantitative estimate of drug-likeness (QED) is 0.652. The van der Waals surface area contributed by atoms with Crippen LogP contribution in [0.3, 0.4) is 0 Å². The lowest BCUT2D eigenvalue weighted by atomic mass is 10.1. The molecule has 1 atom stereocenters. The molecule has 1 aromatic carbocycles. The fourth-order valence-corrected chi connectivity index (χ4v) is 2.45. The van der Waals surface area contributed by atoms with Crippen molar-refractivity contribution in [3.05, 3.63) is 63.3 Å². The lowest BCUT2D eigenvalue weighted by molar-refractivity contribution is -0.384. The number of nitro groups is 1. The van der Waals surface area contributed by atoms with Crippen LogP contribution in [0.5, 0.6) is 0 Å². The maximum absolute atomic E-state index is 11.0. The van der Waals surface area contributed by atoms with Gasteiger partial charge in [-0.25, -0.2) is 4.98 Å². The molecule has 22 heavy (non-hydrogen) atoms.